The first-order valence-corrected chi connectivity index (χ1v) is 5.54. The molecular formula is C10H14Ti. The van der Waals surface area contributed by atoms with Gasteiger partial charge in [0.05, 0.1) is 0 Å². The maximum absolute atomic E-state index is 2.25. The molecule has 0 aliphatic carbocycles. The zero-order valence-corrected chi connectivity index (χ0v) is 8.68. The molecule has 0 aromatic carbocycles. The standard InChI is InChI=1S/2C5H7.Ti/c2*1-3-5-4-2;/h2*1,3-5H,2H3;/b2*3-1?,5-4+;. The number of allylic oxidation sites excluding steroid dienone is 6. The molecule has 58 valence electrons. The second-order valence-electron chi connectivity index (χ2n) is 1.94. The minimum absolute atomic E-state index is 0.0172. The van der Waals surface area contributed by atoms with Crippen molar-refractivity contribution in [3.8, 4) is 0 Å². The number of rotatable bonds is 4. The second-order valence-corrected chi connectivity index (χ2v) is 3.50. The van der Waals surface area contributed by atoms with Crippen molar-refractivity contribution in [2.45, 2.75) is 13.8 Å². The van der Waals surface area contributed by atoms with Gasteiger partial charge in [0.25, 0.3) is 0 Å². The molecule has 0 aliphatic rings. The van der Waals surface area contributed by atoms with Gasteiger partial charge in [-0.25, -0.2) is 0 Å². The Kier molecular flexibility index (Phi) is 9.39. The molecule has 0 N–H and O–H groups in total. The van der Waals surface area contributed by atoms with Crippen LogP contribution in [0.25, 0.3) is 0 Å². The van der Waals surface area contributed by atoms with Crippen LogP contribution in [-0.2, 0) is 19.2 Å². The molecule has 0 aromatic heterocycles. The van der Waals surface area contributed by atoms with Crippen molar-refractivity contribution in [1.29, 1.82) is 0 Å². The fourth-order valence-electron chi connectivity index (χ4n) is 0.500. The van der Waals surface area contributed by atoms with Crippen LogP contribution < -0.4 is 0 Å². The van der Waals surface area contributed by atoms with E-state index < -0.39 is 0 Å². The average Bonchev–Trinajstić information content (AvgIpc) is 2.03. The monoisotopic (exact) mass is 182 g/mol. The van der Waals surface area contributed by atoms with E-state index >= 15 is 0 Å². The Morgan fingerprint density at radius 2 is 1.18 bits per heavy atom. The summed E-state index contributed by atoms with van der Waals surface area (Å²) < 4.78 is 4.50. The summed E-state index contributed by atoms with van der Waals surface area (Å²) in [4.78, 5) is 0. The van der Waals surface area contributed by atoms with E-state index in [2.05, 4.69) is 33.1 Å². The molecule has 0 unspecified atom stereocenters. The van der Waals surface area contributed by atoms with Crippen molar-refractivity contribution in [3.05, 3.63) is 45.2 Å². The molecule has 0 fully saturated rings. The molecule has 0 spiro atoms. The van der Waals surface area contributed by atoms with E-state index in [9.17, 15) is 0 Å². The first-order valence-electron chi connectivity index (χ1n) is 3.73. The summed E-state index contributed by atoms with van der Waals surface area (Å²) in [6, 6.07) is 0. The van der Waals surface area contributed by atoms with Gasteiger partial charge in [0, 0.05) is 0 Å². The van der Waals surface area contributed by atoms with E-state index in [0.29, 0.717) is 0 Å². The zero-order chi connectivity index (χ0) is 8.36. The van der Waals surface area contributed by atoms with Crippen LogP contribution in [0.1, 0.15) is 13.8 Å². The average molecular weight is 182 g/mol. The normalized spacial score (nSPS) is 12.9. The molecule has 0 heterocycles. The Morgan fingerprint density at radius 1 is 0.727 bits per heavy atom. The predicted octanol–water partition coefficient (Wildman–Crippen LogP) is 3.25. The Balaban J connectivity index is 3.40. The van der Waals surface area contributed by atoms with Gasteiger partial charge in [-0.2, -0.15) is 0 Å². The van der Waals surface area contributed by atoms with E-state index in [1.807, 2.05) is 26.0 Å². The number of hydrogen-bond donors (Lipinski definition) is 0. The summed E-state index contributed by atoms with van der Waals surface area (Å²) in [5.74, 6) is 0. The van der Waals surface area contributed by atoms with Crippen LogP contribution >= 0.6 is 0 Å². The van der Waals surface area contributed by atoms with Crippen LogP contribution in [0.2, 0.25) is 0 Å². The molecule has 0 nitrogen and oxygen atoms in total. The summed E-state index contributed by atoms with van der Waals surface area (Å²) in [5.41, 5.74) is 0. The molecule has 0 amide bonds. The third kappa shape index (κ3) is 9.67. The SMILES string of the molecule is C/C=C/C=[CH]/[Ti]/[CH]=C/C=C/C. The Hall–Kier alpha value is -0.326. The first kappa shape index (κ1) is 10.7. The van der Waals surface area contributed by atoms with Crippen LogP contribution in [0, 0.1) is 0 Å². The van der Waals surface area contributed by atoms with Gasteiger partial charge in [-0.05, 0) is 0 Å². The fraction of sp³-hybridized carbons (Fsp3) is 0.200. The molecule has 11 heavy (non-hydrogen) atoms. The molecule has 0 bridgehead atoms. The van der Waals surface area contributed by atoms with Gasteiger partial charge in [0.1, 0.15) is 0 Å². The van der Waals surface area contributed by atoms with Crippen LogP contribution in [0.4, 0.5) is 0 Å². The van der Waals surface area contributed by atoms with E-state index in [1.54, 1.807) is 0 Å². The van der Waals surface area contributed by atoms with Gasteiger partial charge in [0.15, 0.2) is 0 Å². The van der Waals surface area contributed by atoms with Gasteiger partial charge in [-0.3, -0.25) is 0 Å². The molecule has 0 aromatic rings. The summed E-state index contributed by atoms with van der Waals surface area (Å²) in [7, 11) is 0. The summed E-state index contributed by atoms with van der Waals surface area (Å²) >= 11 is 0.0172. The minimum atomic E-state index is 0.0172. The van der Waals surface area contributed by atoms with Gasteiger partial charge in [0.2, 0.25) is 0 Å². The van der Waals surface area contributed by atoms with Crippen LogP contribution in [0.15, 0.2) is 45.2 Å². The topological polar surface area (TPSA) is 0 Å². The molecule has 0 radical (unpaired) electrons. The Bertz CT molecular complexity index is 153. The van der Waals surface area contributed by atoms with E-state index in [1.165, 1.54) is 0 Å². The molecule has 0 rings (SSSR count). The van der Waals surface area contributed by atoms with Crippen molar-refractivity contribution >= 4 is 0 Å². The van der Waals surface area contributed by atoms with Crippen LogP contribution in [0.3, 0.4) is 0 Å². The van der Waals surface area contributed by atoms with Crippen LogP contribution in [0.5, 0.6) is 0 Å². The molecule has 1 heteroatoms. The third-order valence-electron chi connectivity index (χ3n) is 0.992. The second kappa shape index (κ2) is 9.67. The quantitative estimate of drug-likeness (QED) is 0.462. The van der Waals surface area contributed by atoms with E-state index in [4.69, 9.17) is 0 Å². The van der Waals surface area contributed by atoms with Gasteiger partial charge in [-0.1, -0.05) is 0 Å². The molecule has 0 saturated carbocycles. The van der Waals surface area contributed by atoms with Crippen molar-refractivity contribution in [3.63, 3.8) is 0 Å². The van der Waals surface area contributed by atoms with Crippen molar-refractivity contribution in [2.24, 2.45) is 0 Å². The van der Waals surface area contributed by atoms with Crippen molar-refractivity contribution in [2.75, 3.05) is 0 Å². The van der Waals surface area contributed by atoms with E-state index in [-0.39, 0.29) is 19.2 Å². The molecule has 0 atom stereocenters. The van der Waals surface area contributed by atoms with Gasteiger partial charge < -0.3 is 0 Å². The number of hydrogen-bond acceptors (Lipinski definition) is 0. The molecule has 0 saturated heterocycles. The molecular weight excluding hydrogens is 168 g/mol. The third-order valence-corrected chi connectivity index (χ3v) is 2.19. The van der Waals surface area contributed by atoms with Crippen LogP contribution in [-0.4, -0.2) is 0 Å². The fourth-order valence-corrected chi connectivity index (χ4v) is 1.37. The van der Waals surface area contributed by atoms with Crippen molar-refractivity contribution in [1.82, 2.24) is 0 Å². The van der Waals surface area contributed by atoms with E-state index in [0.717, 1.165) is 0 Å². The maximum atomic E-state index is 2.25. The van der Waals surface area contributed by atoms with Gasteiger partial charge >= 0.3 is 78.2 Å². The summed E-state index contributed by atoms with van der Waals surface area (Å²) in [5, 5.41) is 0. The van der Waals surface area contributed by atoms with Crippen molar-refractivity contribution < 1.29 is 19.2 Å². The Morgan fingerprint density at radius 3 is 1.55 bits per heavy atom. The van der Waals surface area contributed by atoms with Gasteiger partial charge in [-0.15, -0.1) is 0 Å². The predicted molar refractivity (Wildman–Crippen MR) is 47.9 cm³/mol. The zero-order valence-electron chi connectivity index (χ0n) is 7.12. The molecule has 0 aliphatic heterocycles. The first-order chi connectivity index (χ1) is 5.41. The summed E-state index contributed by atoms with van der Waals surface area (Å²) in [6.45, 7) is 4.06. The Labute approximate surface area is 78.3 Å². The summed E-state index contributed by atoms with van der Waals surface area (Å²) in [6.07, 6.45) is 12.4.